The van der Waals surface area contributed by atoms with Crippen LogP contribution in [0.4, 0.5) is 0 Å². The zero-order chi connectivity index (χ0) is 34.8. The number of rotatable bonds is 2. The second-order valence-electron chi connectivity index (χ2n) is 11.2. The van der Waals surface area contributed by atoms with Gasteiger partial charge >= 0.3 is 11.9 Å². The Morgan fingerprint density at radius 3 is 0.760 bits per heavy atom. The molecule has 0 aliphatic rings. The second kappa shape index (κ2) is 13.1. The predicted octanol–water partition coefficient (Wildman–Crippen LogP) is 9.03. The van der Waals surface area contributed by atoms with Crippen LogP contribution < -0.4 is 10.9 Å². The fourth-order valence-corrected chi connectivity index (χ4v) is 5.20. The van der Waals surface area contributed by atoms with Crippen molar-refractivity contribution in [2.45, 2.75) is 0 Å². The van der Waals surface area contributed by atoms with Crippen molar-refractivity contribution in [3.8, 4) is 0 Å². The predicted molar refractivity (Wildman–Crippen MR) is 189 cm³/mol. The molecule has 0 amide bonds. The molecule has 10 nitrogen and oxygen atoms in total. The van der Waals surface area contributed by atoms with E-state index in [9.17, 15) is 29.4 Å². The van der Waals surface area contributed by atoms with Crippen molar-refractivity contribution in [3.63, 3.8) is 0 Å². The van der Waals surface area contributed by atoms with E-state index in [-0.39, 0.29) is 44.3 Å². The maximum absolute atomic E-state index is 13.2. The molecule has 13 rings (SSSR count). The second-order valence-corrected chi connectivity index (χ2v) is 11.2. The van der Waals surface area contributed by atoms with Crippen molar-refractivity contribution in [3.05, 3.63) is 165 Å². The Kier molecular flexibility index (Phi) is 8.25. The van der Waals surface area contributed by atoms with Gasteiger partial charge in [-0.05, 0) is 121 Å². The highest BCUT2D eigenvalue weighted by atomic mass is 16.4. The number of hydrogen-bond acceptors (Lipinski definition) is 8. The van der Waals surface area contributed by atoms with Crippen LogP contribution in [0.2, 0.25) is 0 Å². The van der Waals surface area contributed by atoms with Crippen molar-refractivity contribution < 1.29 is 37.5 Å². The van der Waals surface area contributed by atoms with E-state index < -0.39 is 11.9 Å². The molecular formula is C40H24O10. The zero-order valence-electron chi connectivity index (χ0n) is 25.9. The van der Waals surface area contributed by atoms with Gasteiger partial charge in [0.25, 0.3) is 0 Å². The molecule has 50 heavy (non-hydrogen) atoms. The normalized spacial score (nSPS) is 10.9. The summed E-state index contributed by atoms with van der Waals surface area (Å²) in [4.78, 5) is 50.2. The van der Waals surface area contributed by atoms with Crippen LogP contribution in [0.15, 0.2) is 161 Å². The van der Waals surface area contributed by atoms with E-state index in [1.807, 2.05) is 0 Å². The number of carbonyl (C=O) groups is 2. The zero-order valence-corrected chi connectivity index (χ0v) is 25.9. The van der Waals surface area contributed by atoms with Crippen molar-refractivity contribution in [1.29, 1.82) is 0 Å². The van der Waals surface area contributed by atoms with Crippen LogP contribution in [0.5, 0.6) is 0 Å². The third kappa shape index (κ3) is 6.90. The van der Waals surface area contributed by atoms with E-state index in [0.717, 1.165) is 0 Å². The molecule has 12 bridgehead atoms. The lowest BCUT2D eigenvalue weighted by molar-refractivity contribution is 0.0686. The first-order valence-corrected chi connectivity index (χ1v) is 15.1. The largest absolute Gasteiger partial charge is 0.478 e. The Balaban J connectivity index is 1.50. The summed E-state index contributed by atoms with van der Waals surface area (Å²) in [7, 11) is 0. The Bertz CT molecular complexity index is 2440. The maximum Gasteiger partial charge on any atom is 0.335 e. The Hall–Kier alpha value is -7.20. The average molecular weight is 665 g/mol. The fraction of sp³-hybridized carbons (Fsp3) is 0. The third-order valence-corrected chi connectivity index (χ3v) is 7.66. The molecule has 0 aliphatic carbocycles. The van der Waals surface area contributed by atoms with E-state index in [1.165, 1.54) is 36.4 Å². The first kappa shape index (κ1) is 31.4. The van der Waals surface area contributed by atoms with Gasteiger partial charge in [-0.15, -0.1) is 0 Å². The van der Waals surface area contributed by atoms with Gasteiger partial charge in [0.1, 0.15) is 44.7 Å². The highest BCUT2D eigenvalue weighted by Crippen LogP contribution is 2.18. The number of aromatic carboxylic acids is 2. The van der Waals surface area contributed by atoms with Gasteiger partial charge in [0, 0.05) is 33.7 Å². The van der Waals surface area contributed by atoms with Crippen LogP contribution in [0, 0.1) is 0 Å². The van der Waals surface area contributed by atoms with Gasteiger partial charge in [0.05, 0.1) is 11.1 Å². The SMILES string of the molecule is O=C(O)c1cc2cc(c1)oc1ccc(cc1)c(=O)c1ccc(cc1)oc1cc(C(=O)O)cc(c1)oc1ccc(cc1)c(=O)c1ccc(cc1)o2. The third-order valence-electron chi connectivity index (χ3n) is 7.66. The summed E-state index contributed by atoms with van der Waals surface area (Å²) in [5, 5.41) is 20.9. The van der Waals surface area contributed by atoms with Crippen LogP contribution in [-0.4, -0.2) is 22.2 Å². The summed E-state index contributed by atoms with van der Waals surface area (Å²) in [5.41, 5.74) is 1.56. The minimum atomic E-state index is -1.18. The average Bonchev–Trinajstić information content (AvgIpc) is 3.12. The summed E-state index contributed by atoms with van der Waals surface area (Å²) in [6, 6.07) is 33.9. The van der Waals surface area contributed by atoms with Gasteiger partial charge in [-0.1, -0.05) is 0 Å². The molecule has 7 aromatic heterocycles. The Morgan fingerprint density at radius 1 is 0.340 bits per heavy atom. The van der Waals surface area contributed by atoms with Gasteiger partial charge < -0.3 is 27.9 Å². The van der Waals surface area contributed by atoms with Crippen molar-refractivity contribution in [2.75, 3.05) is 0 Å². The molecule has 0 atom stereocenters. The van der Waals surface area contributed by atoms with Crippen molar-refractivity contribution in [1.82, 2.24) is 0 Å². The quantitative estimate of drug-likeness (QED) is 0.182. The highest BCUT2D eigenvalue weighted by Gasteiger charge is 2.07. The van der Waals surface area contributed by atoms with E-state index in [1.54, 1.807) is 97.1 Å². The molecule has 244 valence electrons. The Morgan fingerprint density at radius 2 is 0.560 bits per heavy atom. The molecule has 6 aromatic carbocycles. The summed E-state index contributed by atoms with van der Waals surface area (Å²) in [5.74, 6) is -2.36. The van der Waals surface area contributed by atoms with E-state index in [4.69, 9.17) is 17.7 Å². The van der Waals surface area contributed by atoms with Gasteiger partial charge in [-0.3, -0.25) is 9.59 Å². The van der Waals surface area contributed by atoms with Gasteiger partial charge in [0.15, 0.2) is 10.9 Å². The Labute approximate surface area is 280 Å². The smallest absolute Gasteiger partial charge is 0.335 e. The van der Waals surface area contributed by atoms with E-state index in [2.05, 4.69) is 0 Å². The van der Waals surface area contributed by atoms with Crippen LogP contribution in [0.25, 0.3) is 66.2 Å². The first-order chi connectivity index (χ1) is 24.2. The first-order valence-electron chi connectivity index (χ1n) is 15.1. The number of benzene rings is 6. The lowest BCUT2D eigenvalue weighted by atomic mass is 10.2. The van der Waals surface area contributed by atoms with Crippen LogP contribution in [0.1, 0.15) is 20.7 Å². The highest BCUT2D eigenvalue weighted by molar-refractivity contribution is 5.91. The summed E-state index contributed by atoms with van der Waals surface area (Å²) in [6.07, 6.45) is 0. The molecule has 10 heteroatoms. The summed E-state index contributed by atoms with van der Waals surface area (Å²) >= 11 is 0. The molecule has 0 aliphatic heterocycles. The van der Waals surface area contributed by atoms with E-state index >= 15 is 0 Å². The monoisotopic (exact) mass is 664 g/mol. The number of carboxylic acids is 2. The molecule has 2 N–H and O–H groups in total. The van der Waals surface area contributed by atoms with E-state index in [0.29, 0.717) is 43.9 Å². The maximum atomic E-state index is 13.2. The molecule has 0 radical (unpaired) electrons. The molecule has 0 spiro atoms. The molecule has 0 unspecified atom stereocenters. The minimum Gasteiger partial charge on any atom is -0.478 e. The molecule has 0 saturated heterocycles. The number of carboxylic acid groups (broad SMARTS) is 2. The summed E-state index contributed by atoms with van der Waals surface area (Å²) in [6.45, 7) is 0. The molecule has 7 heterocycles. The summed E-state index contributed by atoms with van der Waals surface area (Å²) < 4.78 is 23.7. The van der Waals surface area contributed by atoms with Crippen LogP contribution >= 0.6 is 0 Å². The van der Waals surface area contributed by atoms with Crippen LogP contribution in [-0.2, 0) is 0 Å². The van der Waals surface area contributed by atoms with Crippen LogP contribution in [0.3, 0.4) is 0 Å². The number of hydrogen-bond donors (Lipinski definition) is 2. The molecule has 13 aromatic rings. The van der Waals surface area contributed by atoms with Gasteiger partial charge in [-0.25, -0.2) is 9.59 Å². The fourth-order valence-electron chi connectivity index (χ4n) is 5.20. The lowest BCUT2D eigenvalue weighted by Crippen LogP contribution is -1.97. The lowest BCUT2D eigenvalue weighted by Gasteiger charge is -1.98. The molecule has 0 fully saturated rings. The standard InChI is InChI=1S/C40H24O10/c41-37-23-1-9-29(10-2-23)47-33-17-27(39(43)44)18-34(21-33)49-31-13-5-25(6-14-31)38(42)26-7-15-32(16-8-26)50-36-20-28(40(45)46)19-35(22-36)48-30-11-3-24(37)4-12-30/h1-22H,(H,43,44)(H,45,46). The minimum absolute atomic E-state index is 0.0647. The van der Waals surface area contributed by atoms with Gasteiger partial charge in [-0.2, -0.15) is 0 Å². The molecule has 0 saturated carbocycles. The van der Waals surface area contributed by atoms with Crippen molar-refractivity contribution in [2.24, 2.45) is 0 Å². The van der Waals surface area contributed by atoms with Crippen molar-refractivity contribution >= 4 is 78.1 Å². The topological polar surface area (TPSA) is 161 Å². The molecular weight excluding hydrogens is 640 g/mol. The van der Waals surface area contributed by atoms with Gasteiger partial charge in [0.2, 0.25) is 0 Å².